The zero-order chi connectivity index (χ0) is 23.9. The third kappa shape index (κ3) is 4.59. The number of hydrogen-bond acceptors (Lipinski definition) is 5. The minimum absolute atomic E-state index is 0.164. The molecule has 3 aromatic carbocycles. The van der Waals surface area contributed by atoms with Gasteiger partial charge >= 0.3 is 5.97 Å². The molecule has 1 aliphatic heterocycles. The fourth-order valence-electron chi connectivity index (χ4n) is 4.05. The van der Waals surface area contributed by atoms with Crippen molar-refractivity contribution in [1.29, 1.82) is 0 Å². The number of rotatable bonds is 6. The zero-order valence-corrected chi connectivity index (χ0v) is 19.4. The van der Waals surface area contributed by atoms with E-state index in [9.17, 15) is 23.4 Å². The topological polar surface area (TPSA) is 104 Å². The summed E-state index contributed by atoms with van der Waals surface area (Å²) < 4.78 is 33.4. The lowest BCUT2D eigenvalue weighted by Crippen LogP contribution is -2.45. The van der Waals surface area contributed by atoms with Crippen molar-refractivity contribution in [3.8, 4) is 5.75 Å². The number of benzene rings is 3. The summed E-state index contributed by atoms with van der Waals surface area (Å²) in [6, 6.07) is 19.4. The van der Waals surface area contributed by atoms with E-state index in [1.807, 2.05) is 24.3 Å². The Morgan fingerprint density at radius 2 is 1.64 bits per heavy atom. The van der Waals surface area contributed by atoms with Crippen molar-refractivity contribution in [2.24, 2.45) is 0 Å². The molecule has 0 atom stereocenters. The molecule has 0 spiro atoms. The molecule has 0 radical (unpaired) electrons. The molecule has 1 aliphatic rings. The average molecular weight is 470 g/mol. The number of carboxylic acids is 1. The van der Waals surface area contributed by atoms with E-state index in [1.165, 1.54) is 18.2 Å². The Hall–Kier alpha value is -2.94. The number of nitrogens with zero attached hydrogens (tertiary/aromatic N) is 1. The fourth-order valence-corrected chi connectivity index (χ4v) is 5.53. The normalized spacial score (nSPS) is 17.1. The van der Waals surface area contributed by atoms with Gasteiger partial charge in [0, 0.05) is 13.1 Å². The van der Waals surface area contributed by atoms with Crippen LogP contribution < -0.4 is 4.74 Å². The number of carboxylic acid groups (broad SMARTS) is 1. The highest BCUT2D eigenvalue weighted by atomic mass is 32.2. The van der Waals surface area contributed by atoms with Crippen molar-refractivity contribution < 1.29 is 28.2 Å². The molecule has 0 aliphatic carbocycles. The second kappa shape index (κ2) is 8.44. The second-order valence-corrected chi connectivity index (χ2v) is 10.8. The van der Waals surface area contributed by atoms with Gasteiger partial charge in [-0.15, -0.1) is 0 Å². The third-order valence-electron chi connectivity index (χ3n) is 6.17. The van der Waals surface area contributed by atoms with E-state index in [4.69, 9.17) is 4.74 Å². The number of ether oxygens (including phenoxy) is 1. The highest BCUT2D eigenvalue weighted by Crippen LogP contribution is 2.36. The SMILES string of the molecule is CC(C)(Oc1cccc(C2(O)CCN(S(=O)(=O)c3ccc4ccccc4c3)CC2)c1)C(=O)O. The van der Waals surface area contributed by atoms with Gasteiger partial charge in [0.05, 0.1) is 10.5 Å². The largest absolute Gasteiger partial charge is 0.478 e. The van der Waals surface area contributed by atoms with Gasteiger partial charge in [-0.2, -0.15) is 4.31 Å². The van der Waals surface area contributed by atoms with Crippen molar-refractivity contribution in [1.82, 2.24) is 4.31 Å². The van der Waals surface area contributed by atoms with Crippen LogP contribution in [0.25, 0.3) is 10.8 Å². The highest BCUT2D eigenvalue weighted by Gasteiger charge is 2.39. The van der Waals surface area contributed by atoms with Gasteiger partial charge in [-0.3, -0.25) is 0 Å². The van der Waals surface area contributed by atoms with E-state index < -0.39 is 27.2 Å². The van der Waals surface area contributed by atoms with E-state index >= 15 is 0 Å². The van der Waals surface area contributed by atoms with Crippen molar-refractivity contribution in [2.75, 3.05) is 13.1 Å². The van der Waals surface area contributed by atoms with E-state index in [1.54, 1.807) is 42.5 Å². The first-order valence-corrected chi connectivity index (χ1v) is 12.2. The van der Waals surface area contributed by atoms with Gasteiger partial charge in [0.1, 0.15) is 5.75 Å². The standard InChI is InChI=1S/C25H27NO6S/c1-24(2,23(27)28)32-21-9-5-8-20(17-21)25(29)12-14-26(15-13-25)33(30,31)22-11-10-18-6-3-4-7-19(18)16-22/h3-11,16-17,29H,12-15H2,1-2H3,(H,27,28). The van der Waals surface area contributed by atoms with Crippen LogP contribution in [0, 0.1) is 0 Å². The van der Waals surface area contributed by atoms with Crippen LogP contribution in [0.15, 0.2) is 71.6 Å². The number of carbonyl (C=O) groups is 1. The molecule has 0 unspecified atom stereocenters. The van der Waals surface area contributed by atoms with Crippen molar-refractivity contribution in [2.45, 2.75) is 42.8 Å². The molecule has 2 N–H and O–H groups in total. The molecule has 33 heavy (non-hydrogen) atoms. The molecule has 0 bridgehead atoms. The van der Waals surface area contributed by atoms with Gasteiger partial charge < -0.3 is 14.9 Å². The summed E-state index contributed by atoms with van der Waals surface area (Å²) in [5, 5.41) is 22.4. The Kier molecular flexibility index (Phi) is 5.94. The molecule has 3 aromatic rings. The van der Waals surface area contributed by atoms with Gasteiger partial charge in [0.2, 0.25) is 10.0 Å². The minimum Gasteiger partial charge on any atom is -0.478 e. The Bertz CT molecular complexity index is 1290. The van der Waals surface area contributed by atoms with Crippen molar-refractivity contribution in [3.05, 3.63) is 72.3 Å². The summed E-state index contributed by atoms with van der Waals surface area (Å²) in [4.78, 5) is 11.6. The monoisotopic (exact) mass is 469 g/mol. The van der Waals surface area contributed by atoms with Gasteiger partial charge in [-0.1, -0.05) is 42.5 Å². The van der Waals surface area contributed by atoms with Crippen LogP contribution in [0.4, 0.5) is 0 Å². The molecule has 0 aromatic heterocycles. The summed E-state index contributed by atoms with van der Waals surface area (Å²) in [6.45, 7) is 3.23. The van der Waals surface area contributed by atoms with Gasteiger partial charge in [-0.05, 0) is 67.3 Å². The molecule has 174 valence electrons. The lowest BCUT2D eigenvalue weighted by Gasteiger charge is -2.38. The lowest BCUT2D eigenvalue weighted by atomic mass is 9.85. The first kappa shape index (κ1) is 23.2. The summed E-state index contributed by atoms with van der Waals surface area (Å²) in [6.07, 6.45) is 0.428. The number of sulfonamides is 1. The predicted molar refractivity (Wildman–Crippen MR) is 125 cm³/mol. The van der Waals surface area contributed by atoms with Crippen molar-refractivity contribution in [3.63, 3.8) is 0 Å². The lowest BCUT2D eigenvalue weighted by molar-refractivity contribution is -0.152. The quantitative estimate of drug-likeness (QED) is 0.570. The Balaban J connectivity index is 1.51. The number of aliphatic carboxylic acids is 1. The number of aliphatic hydroxyl groups is 1. The molecule has 8 heteroatoms. The Labute approximate surface area is 193 Å². The minimum atomic E-state index is -3.70. The van der Waals surface area contributed by atoms with E-state index in [-0.39, 0.29) is 30.8 Å². The van der Waals surface area contributed by atoms with Crippen LogP contribution in [0.3, 0.4) is 0 Å². The maximum atomic E-state index is 13.2. The molecule has 1 fully saturated rings. The average Bonchev–Trinajstić information content (AvgIpc) is 2.79. The maximum Gasteiger partial charge on any atom is 0.347 e. The molecular weight excluding hydrogens is 442 g/mol. The van der Waals surface area contributed by atoms with Gasteiger partial charge in [0.15, 0.2) is 5.60 Å². The molecule has 7 nitrogen and oxygen atoms in total. The molecular formula is C25H27NO6S. The van der Waals surface area contributed by atoms with E-state index in [2.05, 4.69) is 0 Å². The molecule has 0 saturated carbocycles. The van der Waals surface area contributed by atoms with Crippen molar-refractivity contribution >= 4 is 26.8 Å². The summed E-state index contributed by atoms with van der Waals surface area (Å²) >= 11 is 0. The summed E-state index contributed by atoms with van der Waals surface area (Å²) in [5.74, 6) is -0.765. The second-order valence-electron chi connectivity index (χ2n) is 8.89. The van der Waals surface area contributed by atoms with E-state index in [0.717, 1.165) is 10.8 Å². The molecule has 0 amide bonds. The Morgan fingerprint density at radius 3 is 2.30 bits per heavy atom. The van der Waals surface area contributed by atoms with Crippen LogP contribution in [-0.4, -0.2) is 47.6 Å². The number of piperidine rings is 1. The molecule has 1 heterocycles. The first-order chi connectivity index (χ1) is 15.5. The maximum absolute atomic E-state index is 13.2. The first-order valence-electron chi connectivity index (χ1n) is 10.8. The van der Waals surface area contributed by atoms with E-state index in [0.29, 0.717) is 11.3 Å². The predicted octanol–water partition coefficient (Wildman–Crippen LogP) is 3.75. The van der Waals surface area contributed by atoms with Crippen LogP contribution in [-0.2, 0) is 20.4 Å². The number of fused-ring (bicyclic) bond motifs is 1. The summed E-state index contributed by atoms with van der Waals surface area (Å²) in [5.41, 5.74) is -2.08. The smallest absolute Gasteiger partial charge is 0.347 e. The van der Waals surface area contributed by atoms with Gasteiger partial charge in [0.25, 0.3) is 0 Å². The molecule has 1 saturated heterocycles. The summed E-state index contributed by atoms with van der Waals surface area (Å²) in [7, 11) is -3.70. The Morgan fingerprint density at radius 1 is 0.970 bits per heavy atom. The highest BCUT2D eigenvalue weighted by molar-refractivity contribution is 7.89. The zero-order valence-electron chi connectivity index (χ0n) is 18.6. The van der Waals surface area contributed by atoms with Gasteiger partial charge in [-0.25, -0.2) is 13.2 Å². The molecule has 4 rings (SSSR count). The third-order valence-corrected chi connectivity index (χ3v) is 8.06. The number of hydrogen-bond donors (Lipinski definition) is 2. The van der Waals surface area contributed by atoms with Crippen LogP contribution in [0.2, 0.25) is 0 Å². The van der Waals surface area contributed by atoms with Crippen LogP contribution in [0.1, 0.15) is 32.3 Å². The van der Waals surface area contributed by atoms with Crippen LogP contribution >= 0.6 is 0 Å². The van der Waals surface area contributed by atoms with Crippen LogP contribution in [0.5, 0.6) is 5.75 Å². The fraction of sp³-hybridized carbons (Fsp3) is 0.320.